The van der Waals surface area contributed by atoms with Gasteiger partial charge >= 0.3 is 0 Å². The van der Waals surface area contributed by atoms with E-state index in [4.69, 9.17) is 0 Å². The van der Waals surface area contributed by atoms with E-state index in [1.165, 1.54) is 11.1 Å². The highest BCUT2D eigenvalue weighted by Crippen LogP contribution is 2.34. The quantitative estimate of drug-likeness (QED) is 0.928. The maximum absolute atomic E-state index is 12.3. The number of hydrogen-bond donors (Lipinski definition) is 1. The van der Waals surface area contributed by atoms with E-state index in [2.05, 4.69) is 36.5 Å². The number of sulfone groups is 1. The molecule has 1 aromatic rings. The van der Waals surface area contributed by atoms with Gasteiger partial charge in [-0.25, -0.2) is 8.42 Å². The maximum Gasteiger partial charge on any atom is 0.155 e. The molecule has 0 radical (unpaired) electrons. The maximum atomic E-state index is 12.3. The summed E-state index contributed by atoms with van der Waals surface area (Å²) in [6.45, 7) is 9.16. The molecule has 3 nitrogen and oxygen atoms in total. The largest absolute Gasteiger partial charge is 0.315 e. The molecule has 0 unspecified atom stereocenters. The molecule has 1 aliphatic heterocycles. The average Bonchev–Trinajstić information content (AvgIpc) is 2.26. The monoisotopic (exact) mass is 295 g/mol. The first-order valence-electron chi connectivity index (χ1n) is 7.17. The zero-order valence-electron chi connectivity index (χ0n) is 12.9. The van der Waals surface area contributed by atoms with Crippen molar-refractivity contribution in [2.45, 2.75) is 44.3 Å². The summed E-state index contributed by atoms with van der Waals surface area (Å²) in [5.41, 5.74) is 2.48. The van der Waals surface area contributed by atoms with Gasteiger partial charge in [0.25, 0.3) is 0 Å². The third kappa shape index (κ3) is 2.91. The lowest BCUT2D eigenvalue weighted by Gasteiger charge is -2.44. The lowest BCUT2D eigenvalue weighted by Crippen LogP contribution is -2.57. The summed E-state index contributed by atoms with van der Waals surface area (Å²) in [5, 5.41) is 3.30. The predicted octanol–water partition coefficient (Wildman–Crippen LogP) is 2.44. The fraction of sp³-hybridized carbons (Fsp3) is 0.625. The van der Waals surface area contributed by atoms with Crippen LogP contribution in [-0.4, -0.2) is 32.0 Å². The Hall–Kier alpha value is -0.870. The summed E-state index contributed by atoms with van der Waals surface area (Å²) < 4.78 is 24.0. The van der Waals surface area contributed by atoms with Crippen molar-refractivity contribution in [3.8, 4) is 0 Å². The minimum absolute atomic E-state index is 0.00958. The van der Waals surface area contributed by atoms with E-state index < -0.39 is 14.6 Å². The van der Waals surface area contributed by atoms with Crippen molar-refractivity contribution in [2.75, 3.05) is 18.8 Å². The smallest absolute Gasteiger partial charge is 0.155 e. The van der Waals surface area contributed by atoms with Crippen molar-refractivity contribution in [1.29, 1.82) is 0 Å². The molecular weight excluding hydrogens is 270 g/mol. The zero-order chi connectivity index (χ0) is 15.0. The number of rotatable bonds is 4. The van der Waals surface area contributed by atoms with Crippen molar-refractivity contribution in [3.05, 3.63) is 35.4 Å². The van der Waals surface area contributed by atoms with E-state index >= 15 is 0 Å². The van der Waals surface area contributed by atoms with E-state index in [0.717, 1.165) is 13.1 Å². The zero-order valence-corrected chi connectivity index (χ0v) is 13.7. The van der Waals surface area contributed by atoms with Gasteiger partial charge in [-0.1, -0.05) is 29.8 Å². The summed E-state index contributed by atoms with van der Waals surface area (Å²) in [6, 6.07) is 8.44. The van der Waals surface area contributed by atoms with Gasteiger partial charge in [-0.3, -0.25) is 0 Å². The van der Waals surface area contributed by atoms with Crippen LogP contribution in [0.3, 0.4) is 0 Å². The van der Waals surface area contributed by atoms with E-state index in [0.29, 0.717) is 6.42 Å². The second kappa shape index (κ2) is 5.15. The van der Waals surface area contributed by atoms with E-state index in [-0.39, 0.29) is 11.2 Å². The van der Waals surface area contributed by atoms with Gasteiger partial charge < -0.3 is 5.32 Å². The normalized spacial score (nSPS) is 18.6. The first-order chi connectivity index (χ1) is 9.16. The molecule has 0 amide bonds. The predicted molar refractivity (Wildman–Crippen MR) is 83.9 cm³/mol. The van der Waals surface area contributed by atoms with Crippen LogP contribution in [0.5, 0.6) is 0 Å². The SMILES string of the molecule is Cc1cccc(C2(CCS(=O)(=O)C(C)(C)C)CNC2)c1. The fourth-order valence-electron chi connectivity index (χ4n) is 2.56. The third-order valence-electron chi connectivity index (χ3n) is 4.34. The Kier molecular flexibility index (Phi) is 4.00. The van der Waals surface area contributed by atoms with Crippen molar-refractivity contribution in [1.82, 2.24) is 5.32 Å². The number of aryl methyl sites for hydroxylation is 1. The standard InChI is InChI=1S/C16H25NO2S/c1-13-6-5-7-14(10-13)16(11-17-12-16)8-9-20(18,19)15(2,3)4/h5-7,10,17H,8-9,11-12H2,1-4H3. The Morgan fingerprint density at radius 2 is 1.90 bits per heavy atom. The van der Waals surface area contributed by atoms with Gasteiger partial charge in [-0.05, 0) is 39.7 Å². The number of nitrogens with one attached hydrogen (secondary N) is 1. The molecule has 1 heterocycles. The molecule has 1 N–H and O–H groups in total. The number of hydrogen-bond acceptors (Lipinski definition) is 3. The molecule has 0 aromatic heterocycles. The fourth-order valence-corrected chi connectivity index (χ4v) is 3.83. The van der Waals surface area contributed by atoms with Gasteiger partial charge in [0, 0.05) is 18.5 Å². The summed E-state index contributed by atoms with van der Waals surface area (Å²) in [4.78, 5) is 0. The van der Waals surface area contributed by atoms with Gasteiger partial charge in [0.1, 0.15) is 0 Å². The first-order valence-corrected chi connectivity index (χ1v) is 8.82. The average molecular weight is 295 g/mol. The molecule has 1 aliphatic rings. The molecule has 0 bridgehead atoms. The summed E-state index contributed by atoms with van der Waals surface area (Å²) in [5.74, 6) is 0.256. The summed E-state index contributed by atoms with van der Waals surface area (Å²) >= 11 is 0. The summed E-state index contributed by atoms with van der Waals surface area (Å²) in [6.07, 6.45) is 0.697. The molecule has 2 rings (SSSR count). The molecule has 0 saturated carbocycles. The Balaban J connectivity index is 2.18. The minimum Gasteiger partial charge on any atom is -0.315 e. The molecule has 1 saturated heterocycles. The van der Waals surface area contributed by atoms with Crippen molar-refractivity contribution < 1.29 is 8.42 Å². The van der Waals surface area contributed by atoms with Crippen LogP contribution in [0, 0.1) is 6.92 Å². The van der Waals surface area contributed by atoms with Crippen LogP contribution in [0.4, 0.5) is 0 Å². The lowest BCUT2D eigenvalue weighted by atomic mass is 9.73. The van der Waals surface area contributed by atoms with Crippen LogP contribution in [0.1, 0.15) is 38.3 Å². The summed E-state index contributed by atoms with van der Waals surface area (Å²) in [7, 11) is -3.05. The highest BCUT2D eigenvalue weighted by molar-refractivity contribution is 7.92. The molecule has 0 atom stereocenters. The van der Waals surface area contributed by atoms with Crippen LogP contribution >= 0.6 is 0 Å². The van der Waals surface area contributed by atoms with Crippen molar-refractivity contribution in [2.24, 2.45) is 0 Å². The molecule has 1 fully saturated rings. The second-order valence-electron chi connectivity index (χ2n) is 6.93. The first kappa shape index (κ1) is 15.5. The van der Waals surface area contributed by atoms with Gasteiger partial charge in [0.05, 0.1) is 10.5 Å². The lowest BCUT2D eigenvalue weighted by molar-refractivity contribution is 0.268. The number of benzene rings is 1. The molecular formula is C16H25NO2S. The van der Waals surface area contributed by atoms with Gasteiger partial charge in [-0.2, -0.15) is 0 Å². The van der Waals surface area contributed by atoms with Gasteiger partial charge in [-0.15, -0.1) is 0 Å². The van der Waals surface area contributed by atoms with E-state index in [1.807, 2.05) is 0 Å². The van der Waals surface area contributed by atoms with E-state index in [9.17, 15) is 8.42 Å². The van der Waals surface area contributed by atoms with E-state index in [1.54, 1.807) is 20.8 Å². The topological polar surface area (TPSA) is 46.2 Å². The third-order valence-corrected chi connectivity index (χ3v) is 6.95. The van der Waals surface area contributed by atoms with Gasteiger partial charge in [0.2, 0.25) is 0 Å². The van der Waals surface area contributed by atoms with Crippen LogP contribution in [0.2, 0.25) is 0 Å². The molecule has 0 aliphatic carbocycles. The molecule has 1 aromatic carbocycles. The van der Waals surface area contributed by atoms with Crippen LogP contribution in [-0.2, 0) is 15.3 Å². The van der Waals surface area contributed by atoms with Crippen LogP contribution in [0.15, 0.2) is 24.3 Å². The molecule has 112 valence electrons. The molecule has 20 heavy (non-hydrogen) atoms. The minimum atomic E-state index is -3.05. The Bertz CT molecular complexity index is 581. The molecule has 4 heteroatoms. The van der Waals surface area contributed by atoms with Crippen molar-refractivity contribution in [3.63, 3.8) is 0 Å². The Morgan fingerprint density at radius 1 is 1.25 bits per heavy atom. The van der Waals surface area contributed by atoms with Crippen LogP contribution < -0.4 is 5.32 Å². The Morgan fingerprint density at radius 3 is 2.35 bits per heavy atom. The Labute approximate surface area is 122 Å². The van der Waals surface area contributed by atoms with Crippen molar-refractivity contribution >= 4 is 9.84 Å². The highest BCUT2D eigenvalue weighted by Gasteiger charge is 2.41. The second-order valence-corrected chi connectivity index (χ2v) is 9.80. The highest BCUT2D eigenvalue weighted by atomic mass is 32.2. The van der Waals surface area contributed by atoms with Gasteiger partial charge in [0.15, 0.2) is 9.84 Å². The van der Waals surface area contributed by atoms with Crippen LogP contribution in [0.25, 0.3) is 0 Å². The molecule has 0 spiro atoms.